The fourth-order valence-electron chi connectivity index (χ4n) is 2.57. The topological polar surface area (TPSA) is 17.8 Å². The van der Waals surface area contributed by atoms with E-state index < -0.39 is 0 Å². The monoisotopic (exact) mass is 298 g/mol. The number of halogens is 1. The van der Waals surface area contributed by atoms with Crippen LogP contribution in [0.25, 0.3) is 0 Å². The fraction of sp³-hybridized carbons (Fsp3) is 0.786. The number of alkyl halides is 1. The van der Waals surface area contributed by atoms with Crippen LogP contribution in [0.4, 0.5) is 0 Å². The van der Waals surface area contributed by atoms with Crippen molar-refractivity contribution in [3.05, 3.63) is 18.0 Å². The number of rotatable bonds is 5. The number of nitrogens with zero attached hydrogens (tertiary/aromatic N) is 2. The molecule has 17 heavy (non-hydrogen) atoms. The van der Waals surface area contributed by atoms with Gasteiger partial charge in [-0.15, -0.1) is 0 Å². The average Bonchev–Trinajstić information content (AvgIpc) is 2.86. The molecule has 1 atom stereocenters. The average molecular weight is 299 g/mol. The predicted molar refractivity (Wildman–Crippen MR) is 75.7 cm³/mol. The molecule has 0 amide bonds. The molecule has 0 spiro atoms. The van der Waals surface area contributed by atoms with Gasteiger partial charge in [-0.1, -0.05) is 42.1 Å². The molecule has 0 N–H and O–H groups in total. The summed E-state index contributed by atoms with van der Waals surface area (Å²) in [6.45, 7) is 2.22. The van der Waals surface area contributed by atoms with Crippen molar-refractivity contribution in [3.8, 4) is 0 Å². The van der Waals surface area contributed by atoms with E-state index in [1.165, 1.54) is 50.6 Å². The lowest BCUT2D eigenvalue weighted by Gasteiger charge is -2.21. The number of aromatic nitrogens is 2. The van der Waals surface area contributed by atoms with Crippen LogP contribution in [0.2, 0.25) is 0 Å². The first-order valence-electron chi connectivity index (χ1n) is 6.97. The van der Waals surface area contributed by atoms with Crippen LogP contribution in [0, 0.1) is 0 Å². The van der Waals surface area contributed by atoms with E-state index >= 15 is 0 Å². The van der Waals surface area contributed by atoms with Crippen LogP contribution in [-0.2, 0) is 6.42 Å². The van der Waals surface area contributed by atoms with Gasteiger partial charge in [-0.2, -0.15) is 5.10 Å². The molecule has 2 rings (SSSR count). The van der Waals surface area contributed by atoms with Crippen LogP contribution < -0.4 is 0 Å². The maximum atomic E-state index is 4.74. The highest BCUT2D eigenvalue weighted by Crippen LogP contribution is 2.27. The van der Waals surface area contributed by atoms with Gasteiger partial charge in [0.25, 0.3) is 0 Å². The number of hydrogen-bond donors (Lipinski definition) is 0. The quantitative estimate of drug-likeness (QED) is 0.732. The first-order valence-corrected chi connectivity index (χ1v) is 7.89. The summed E-state index contributed by atoms with van der Waals surface area (Å²) in [7, 11) is 0. The van der Waals surface area contributed by atoms with E-state index in [9.17, 15) is 0 Å². The lowest BCUT2D eigenvalue weighted by atomic mass is 9.96. The third-order valence-electron chi connectivity index (χ3n) is 3.77. The Labute approximate surface area is 113 Å². The standard InChI is InChI=1S/C14H23BrN2/c1-2-12(15)8-9-13-10-11-17(16-13)14-6-4-3-5-7-14/h10-12,14H,2-9H2,1H3. The SMILES string of the molecule is CCC(Br)CCc1ccn(C2CCCCC2)n1. The fourth-order valence-corrected chi connectivity index (χ4v) is 2.80. The summed E-state index contributed by atoms with van der Waals surface area (Å²) in [5.41, 5.74) is 1.26. The molecule has 3 heteroatoms. The van der Waals surface area contributed by atoms with Crippen LogP contribution in [0.3, 0.4) is 0 Å². The summed E-state index contributed by atoms with van der Waals surface area (Å²) in [5, 5.41) is 4.74. The van der Waals surface area contributed by atoms with Crippen LogP contribution in [0.5, 0.6) is 0 Å². The van der Waals surface area contributed by atoms with Crippen molar-refractivity contribution in [2.75, 3.05) is 0 Å². The summed E-state index contributed by atoms with van der Waals surface area (Å²) in [6, 6.07) is 2.87. The van der Waals surface area contributed by atoms with Gasteiger partial charge in [0.2, 0.25) is 0 Å². The molecular formula is C14H23BrN2. The predicted octanol–water partition coefficient (Wildman–Crippen LogP) is 4.49. The normalized spacial score (nSPS) is 19.4. The van der Waals surface area contributed by atoms with Crippen LogP contribution in [-0.4, -0.2) is 14.6 Å². The second-order valence-corrected chi connectivity index (χ2v) is 6.42. The van der Waals surface area contributed by atoms with Crippen LogP contribution in [0.15, 0.2) is 12.3 Å². The van der Waals surface area contributed by atoms with Crippen molar-refractivity contribution in [3.63, 3.8) is 0 Å². The molecule has 1 aromatic rings. The minimum Gasteiger partial charge on any atom is -0.269 e. The van der Waals surface area contributed by atoms with Crippen molar-refractivity contribution in [1.82, 2.24) is 9.78 Å². The van der Waals surface area contributed by atoms with E-state index in [0.717, 1.165) is 6.42 Å². The molecule has 1 unspecified atom stereocenters. The lowest BCUT2D eigenvalue weighted by Crippen LogP contribution is -2.13. The van der Waals surface area contributed by atoms with Crippen molar-refractivity contribution in [1.29, 1.82) is 0 Å². The largest absolute Gasteiger partial charge is 0.269 e. The van der Waals surface area contributed by atoms with Crippen molar-refractivity contribution in [2.45, 2.75) is 69.2 Å². The van der Waals surface area contributed by atoms with Gasteiger partial charge >= 0.3 is 0 Å². The summed E-state index contributed by atoms with van der Waals surface area (Å²) in [5.74, 6) is 0. The Morgan fingerprint density at radius 2 is 2.18 bits per heavy atom. The Balaban J connectivity index is 1.86. The molecular weight excluding hydrogens is 276 g/mol. The van der Waals surface area contributed by atoms with E-state index in [4.69, 9.17) is 5.10 Å². The van der Waals surface area contributed by atoms with Crippen LogP contribution in [0.1, 0.15) is 63.6 Å². The summed E-state index contributed by atoms with van der Waals surface area (Å²) < 4.78 is 2.21. The molecule has 0 bridgehead atoms. The number of hydrogen-bond acceptors (Lipinski definition) is 1. The van der Waals surface area contributed by atoms with Crippen molar-refractivity contribution in [2.24, 2.45) is 0 Å². The number of aryl methyl sites for hydroxylation is 1. The lowest BCUT2D eigenvalue weighted by molar-refractivity contribution is 0.328. The highest BCUT2D eigenvalue weighted by Gasteiger charge is 2.16. The minimum absolute atomic E-state index is 0.641. The third-order valence-corrected chi connectivity index (χ3v) is 4.87. The van der Waals surface area contributed by atoms with Crippen LogP contribution >= 0.6 is 15.9 Å². The molecule has 0 aromatic carbocycles. The molecule has 1 saturated carbocycles. The van der Waals surface area contributed by atoms with Gasteiger partial charge in [0.1, 0.15) is 0 Å². The maximum Gasteiger partial charge on any atom is 0.0625 e. The van der Waals surface area contributed by atoms with Gasteiger partial charge in [0, 0.05) is 11.0 Å². The highest BCUT2D eigenvalue weighted by molar-refractivity contribution is 9.09. The van der Waals surface area contributed by atoms with Gasteiger partial charge < -0.3 is 0 Å². The Hall–Kier alpha value is -0.310. The van der Waals surface area contributed by atoms with Gasteiger partial charge in [0.15, 0.2) is 0 Å². The van der Waals surface area contributed by atoms with E-state index in [-0.39, 0.29) is 0 Å². The van der Waals surface area contributed by atoms with Gasteiger partial charge in [-0.3, -0.25) is 4.68 Å². The zero-order chi connectivity index (χ0) is 12.1. The second kappa shape index (κ2) is 6.58. The summed E-state index contributed by atoms with van der Waals surface area (Å²) in [4.78, 5) is 0.641. The highest BCUT2D eigenvalue weighted by atomic mass is 79.9. The molecule has 0 saturated heterocycles. The molecule has 1 aromatic heterocycles. The van der Waals surface area contributed by atoms with E-state index in [0.29, 0.717) is 10.9 Å². The second-order valence-electron chi connectivity index (χ2n) is 5.12. The van der Waals surface area contributed by atoms with E-state index in [1.54, 1.807) is 0 Å². The Morgan fingerprint density at radius 1 is 1.41 bits per heavy atom. The minimum atomic E-state index is 0.641. The maximum absolute atomic E-state index is 4.74. The molecule has 1 aliphatic rings. The van der Waals surface area contributed by atoms with Gasteiger partial charge in [0.05, 0.1) is 11.7 Å². The van der Waals surface area contributed by atoms with Gasteiger partial charge in [-0.05, 0) is 38.2 Å². The molecule has 96 valence electrons. The zero-order valence-electron chi connectivity index (χ0n) is 10.7. The smallest absolute Gasteiger partial charge is 0.0625 e. The third kappa shape index (κ3) is 3.84. The summed E-state index contributed by atoms with van der Waals surface area (Å²) >= 11 is 3.68. The Kier molecular flexibility index (Phi) is 5.08. The first kappa shape index (κ1) is 13.1. The van der Waals surface area contributed by atoms with E-state index in [1.807, 2.05) is 0 Å². The molecule has 1 fully saturated rings. The molecule has 0 radical (unpaired) electrons. The first-order chi connectivity index (χ1) is 8.29. The van der Waals surface area contributed by atoms with Crippen molar-refractivity contribution >= 4 is 15.9 Å². The van der Waals surface area contributed by atoms with Crippen molar-refractivity contribution < 1.29 is 0 Å². The zero-order valence-corrected chi connectivity index (χ0v) is 12.3. The molecule has 0 aliphatic heterocycles. The Morgan fingerprint density at radius 3 is 2.88 bits per heavy atom. The molecule has 2 nitrogen and oxygen atoms in total. The van der Waals surface area contributed by atoms with Gasteiger partial charge in [-0.25, -0.2) is 0 Å². The van der Waals surface area contributed by atoms with E-state index in [2.05, 4.69) is 39.8 Å². The Bertz CT molecular complexity index is 329. The molecule has 1 aliphatic carbocycles. The molecule has 1 heterocycles. The summed E-state index contributed by atoms with van der Waals surface area (Å²) in [6.07, 6.45) is 12.5.